The molecule has 0 radical (unpaired) electrons. The molecular weight excluding hydrogens is 430 g/mol. The second-order valence-corrected chi connectivity index (χ2v) is 7.46. The maximum absolute atomic E-state index is 12.6. The van der Waals surface area contributed by atoms with Crippen molar-refractivity contribution in [3.8, 4) is 11.1 Å². The fourth-order valence-electron chi connectivity index (χ4n) is 3.30. The Balaban J connectivity index is 1.25. The summed E-state index contributed by atoms with van der Waals surface area (Å²) in [7, 11) is 0. The van der Waals surface area contributed by atoms with Crippen LogP contribution in [0.2, 0.25) is 0 Å². The third-order valence-electron chi connectivity index (χ3n) is 5.10. The molecule has 7 heteroatoms. The summed E-state index contributed by atoms with van der Waals surface area (Å²) < 4.78 is 5.00. The molecule has 0 aliphatic carbocycles. The molecule has 0 aliphatic rings. The van der Waals surface area contributed by atoms with Gasteiger partial charge in [-0.05, 0) is 59.7 Å². The maximum Gasteiger partial charge on any atom is 0.287 e. The number of rotatable bonds is 8. The number of hydrogen-bond donors (Lipinski definition) is 3. The van der Waals surface area contributed by atoms with E-state index in [9.17, 15) is 14.4 Å². The molecule has 170 valence electrons. The van der Waals surface area contributed by atoms with E-state index in [1.165, 1.54) is 6.26 Å². The molecule has 1 heterocycles. The highest BCUT2D eigenvalue weighted by Crippen LogP contribution is 2.20. The van der Waals surface area contributed by atoms with E-state index in [2.05, 4.69) is 16.0 Å². The smallest absolute Gasteiger partial charge is 0.287 e. The minimum atomic E-state index is -0.339. The van der Waals surface area contributed by atoms with Crippen LogP contribution in [0.1, 0.15) is 31.3 Å². The molecule has 34 heavy (non-hydrogen) atoms. The van der Waals surface area contributed by atoms with Gasteiger partial charge in [0.15, 0.2) is 5.76 Å². The van der Waals surface area contributed by atoms with E-state index in [4.69, 9.17) is 4.42 Å². The lowest BCUT2D eigenvalue weighted by atomic mass is 10.0. The Bertz CT molecular complexity index is 1250. The van der Waals surface area contributed by atoms with Crippen LogP contribution in [0.5, 0.6) is 0 Å². The third-order valence-corrected chi connectivity index (χ3v) is 5.10. The molecule has 0 spiro atoms. The van der Waals surface area contributed by atoms with Gasteiger partial charge in [-0.2, -0.15) is 0 Å². The molecule has 4 aromatic rings. The first-order chi connectivity index (χ1) is 16.6. The van der Waals surface area contributed by atoms with Gasteiger partial charge in [0.25, 0.3) is 17.7 Å². The Kier molecular flexibility index (Phi) is 7.15. The van der Waals surface area contributed by atoms with Gasteiger partial charge in [0.1, 0.15) is 0 Å². The first-order valence-electron chi connectivity index (χ1n) is 10.8. The molecule has 3 aromatic carbocycles. The van der Waals surface area contributed by atoms with Crippen LogP contribution in [0.25, 0.3) is 11.1 Å². The predicted octanol–water partition coefficient (Wildman–Crippen LogP) is 4.36. The highest BCUT2D eigenvalue weighted by atomic mass is 16.3. The van der Waals surface area contributed by atoms with Crippen LogP contribution in [0.15, 0.2) is 102 Å². The van der Waals surface area contributed by atoms with Crippen molar-refractivity contribution in [3.63, 3.8) is 0 Å². The number of carbonyl (C=O) groups excluding carboxylic acids is 3. The van der Waals surface area contributed by atoms with E-state index < -0.39 is 0 Å². The van der Waals surface area contributed by atoms with Crippen LogP contribution < -0.4 is 16.0 Å². The Morgan fingerprint density at radius 1 is 0.588 bits per heavy atom. The van der Waals surface area contributed by atoms with Crippen molar-refractivity contribution in [1.29, 1.82) is 0 Å². The summed E-state index contributed by atoms with van der Waals surface area (Å²) >= 11 is 0. The molecular formula is C27H23N3O4. The SMILES string of the molecule is O=C(NCCNC(=O)c1ccco1)c1ccc(NC(=O)c2ccc(-c3ccccc3)cc2)cc1. The van der Waals surface area contributed by atoms with Gasteiger partial charge < -0.3 is 20.4 Å². The van der Waals surface area contributed by atoms with Crippen molar-refractivity contribution in [1.82, 2.24) is 10.6 Å². The van der Waals surface area contributed by atoms with Crippen molar-refractivity contribution in [2.45, 2.75) is 0 Å². The van der Waals surface area contributed by atoms with Crippen LogP contribution in [0, 0.1) is 0 Å². The number of anilines is 1. The third kappa shape index (κ3) is 5.77. The average molecular weight is 453 g/mol. The molecule has 0 atom stereocenters. The van der Waals surface area contributed by atoms with Crippen molar-refractivity contribution < 1.29 is 18.8 Å². The summed E-state index contributed by atoms with van der Waals surface area (Å²) in [6.07, 6.45) is 1.42. The van der Waals surface area contributed by atoms with E-state index in [0.717, 1.165) is 11.1 Å². The average Bonchev–Trinajstić information content (AvgIpc) is 3.43. The van der Waals surface area contributed by atoms with Gasteiger partial charge in [-0.3, -0.25) is 14.4 Å². The standard InChI is InChI=1S/C27H23N3O4/c31-25(28-16-17-29-27(33)24-7-4-18-34-24)21-12-14-23(15-13-21)30-26(32)22-10-8-20(9-11-22)19-5-2-1-3-6-19/h1-15,18H,16-17H2,(H,28,31)(H,29,33)(H,30,32). The summed E-state index contributed by atoms with van der Waals surface area (Å²) in [6, 6.07) is 27.1. The number of amides is 3. The fourth-order valence-corrected chi connectivity index (χ4v) is 3.30. The molecule has 7 nitrogen and oxygen atoms in total. The zero-order valence-corrected chi connectivity index (χ0v) is 18.3. The van der Waals surface area contributed by atoms with Crippen molar-refractivity contribution in [3.05, 3.63) is 114 Å². The molecule has 0 fully saturated rings. The number of hydrogen-bond acceptors (Lipinski definition) is 4. The molecule has 0 unspecified atom stereocenters. The molecule has 0 bridgehead atoms. The van der Waals surface area contributed by atoms with Crippen molar-refractivity contribution >= 4 is 23.4 Å². The molecule has 0 saturated carbocycles. The molecule has 3 amide bonds. The lowest BCUT2D eigenvalue weighted by Crippen LogP contribution is -2.34. The Morgan fingerprint density at radius 2 is 1.18 bits per heavy atom. The summed E-state index contributed by atoms with van der Waals surface area (Å²) in [5.74, 6) is -0.629. The quantitative estimate of drug-likeness (QED) is 0.345. The number of carbonyl (C=O) groups is 3. The van der Waals surface area contributed by atoms with E-state index in [1.807, 2.05) is 42.5 Å². The van der Waals surface area contributed by atoms with Crippen LogP contribution >= 0.6 is 0 Å². The van der Waals surface area contributed by atoms with Gasteiger partial charge in [0, 0.05) is 29.9 Å². The number of nitrogens with one attached hydrogen (secondary N) is 3. The summed E-state index contributed by atoms with van der Waals surface area (Å²) in [6.45, 7) is 0.533. The lowest BCUT2D eigenvalue weighted by molar-refractivity contribution is 0.0910. The largest absolute Gasteiger partial charge is 0.459 e. The summed E-state index contributed by atoms with van der Waals surface area (Å²) in [5, 5.41) is 8.22. The normalized spacial score (nSPS) is 10.4. The number of benzene rings is 3. The van der Waals surface area contributed by atoms with Gasteiger partial charge >= 0.3 is 0 Å². The zero-order valence-electron chi connectivity index (χ0n) is 18.3. The van der Waals surface area contributed by atoms with Crippen LogP contribution in [0.4, 0.5) is 5.69 Å². The van der Waals surface area contributed by atoms with Gasteiger partial charge in [-0.25, -0.2) is 0 Å². The van der Waals surface area contributed by atoms with E-state index in [0.29, 0.717) is 16.8 Å². The second-order valence-electron chi connectivity index (χ2n) is 7.46. The van der Waals surface area contributed by atoms with Gasteiger partial charge in [-0.1, -0.05) is 42.5 Å². The highest BCUT2D eigenvalue weighted by Gasteiger charge is 2.10. The van der Waals surface area contributed by atoms with Crippen molar-refractivity contribution in [2.24, 2.45) is 0 Å². The van der Waals surface area contributed by atoms with Crippen molar-refractivity contribution in [2.75, 3.05) is 18.4 Å². The highest BCUT2D eigenvalue weighted by molar-refractivity contribution is 6.04. The lowest BCUT2D eigenvalue weighted by Gasteiger charge is -2.09. The first kappa shape index (κ1) is 22.5. The summed E-state index contributed by atoms with van der Waals surface area (Å²) in [5.41, 5.74) is 3.69. The zero-order chi connectivity index (χ0) is 23.8. The topological polar surface area (TPSA) is 100 Å². The molecule has 3 N–H and O–H groups in total. The predicted molar refractivity (Wildman–Crippen MR) is 130 cm³/mol. The monoisotopic (exact) mass is 453 g/mol. The molecule has 0 aliphatic heterocycles. The van der Waals surface area contributed by atoms with Crippen LogP contribution in [0.3, 0.4) is 0 Å². The van der Waals surface area contributed by atoms with Crippen LogP contribution in [-0.2, 0) is 0 Å². The van der Waals surface area contributed by atoms with E-state index in [1.54, 1.807) is 48.5 Å². The summed E-state index contributed by atoms with van der Waals surface area (Å²) in [4.78, 5) is 36.6. The Labute approximate surface area is 196 Å². The second kappa shape index (κ2) is 10.8. The van der Waals surface area contributed by atoms with Gasteiger partial charge in [-0.15, -0.1) is 0 Å². The first-order valence-corrected chi connectivity index (χ1v) is 10.8. The maximum atomic E-state index is 12.6. The minimum Gasteiger partial charge on any atom is -0.459 e. The van der Waals surface area contributed by atoms with Gasteiger partial charge in [0.2, 0.25) is 0 Å². The molecule has 4 rings (SSSR count). The fraction of sp³-hybridized carbons (Fsp3) is 0.0741. The van der Waals surface area contributed by atoms with E-state index in [-0.39, 0.29) is 36.6 Å². The number of furan rings is 1. The molecule has 0 saturated heterocycles. The van der Waals surface area contributed by atoms with Gasteiger partial charge in [0.05, 0.1) is 6.26 Å². The minimum absolute atomic E-state index is 0.219. The Hall–Kier alpha value is -4.65. The molecule has 1 aromatic heterocycles. The van der Waals surface area contributed by atoms with E-state index >= 15 is 0 Å². The van der Waals surface area contributed by atoms with Crippen LogP contribution in [-0.4, -0.2) is 30.8 Å². The Morgan fingerprint density at radius 3 is 1.82 bits per heavy atom.